The van der Waals surface area contributed by atoms with Gasteiger partial charge in [-0.3, -0.25) is 10.1 Å². The molecule has 0 aliphatic carbocycles. The highest BCUT2D eigenvalue weighted by Crippen LogP contribution is 2.21. The van der Waals surface area contributed by atoms with E-state index in [9.17, 15) is 10.1 Å². The van der Waals surface area contributed by atoms with E-state index in [1.54, 1.807) is 24.5 Å². The lowest BCUT2D eigenvalue weighted by molar-refractivity contribution is -0.384. The molecule has 1 N–H and O–H groups in total. The molecule has 0 atom stereocenters. The summed E-state index contributed by atoms with van der Waals surface area (Å²) >= 11 is 3.40. The zero-order valence-corrected chi connectivity index (χ0v) is 15.3. The third kappa shape index (κ3) is 4.28. The number of rotatable bonds is 5. The molecule has 3 rings (SSSR count). The predicted molar refractivity (Wildman–Crippen MR) is 104 cm³/mol. The lowest BCUT2D eigenvalue weighted by Gasteiger charge is -2.04. The summed E-state index contributed by atoms with van der Waals surface area (Å²) < 4.78 is 1.01. The number of anilines is 1. The maximum atomic E-state index is 10.7. The van der Waals surface area contributed by atoms with Gasteiger partial charge in [-0.2, -0.15) is 5.10 Å². The molecular weight excluding hydrogens is 398 g/mol. The highest BCUT2D eigenvalue weighted by Gasteiger charge is 2.06. The molecule has 1 aromatic heterocycles. The van der Waals surface area contributed by atoms with Crippen molar-refractivity contribution < 1.29 is 4.92 Å². The van der Waals surface area contributed by atoms with Crippen LogP contribution in [0.5, 0.6) is 0 Å². The van der Waals surface area contributed by atoms with Crippen LogP contribution in [-0.2, 0) is 0 Å². The summed E-state index contributed by atoms with van der Waals surface area (Å²) in [5.74, 6) is 0.368. The van der Waals surface area contributed by atoms with Crippen molar-refractivity contribution in [3.8, 4) is 11.1 Å². The van der Waals surface area contributed by atoms with E-state index in [0.29, 0.717) is 5.95 Å². The van der Waals surface area contributed by atoms with Gasteiger partial charge in [-0.15, -0.1) is 0 Å². The lowest BCUT2D eigenvalue weighted by atomic mass is 10.1. The van der Waals surface area contributed by atoms with Crippen molar-refractivity contribution in [1.82, 2.24) is 9.97 Å². The van der Waals surface area contributed by atoms with Crippen molar-refractivity contribution in [3.63, 3.8) is 0 Å². The Morgan fingerprint density at radius 2 is 1.65 bits per heavy atom. The fourth-order valence-corrected chi connectivity index (χ4v) is 2.46. The van der Waals surface area contributed by atoms with E-state index >= 15 is 0 Å². The van der Waals surface area contributed by atoms with E-state index in [4.69, 9.17) is 0 Å². The summed E-state index contributed by atoms with van der Waals surface area (Å²) in [6.45, 7) is 1.89. The van der Waals surface area contributed by atoms with Crippen LogP contribution < -0.4 is 5.43 Å². The second-order valence-corrected chi connectivity index (χ2v) is 6.33. The first kappa shape index (κ1) is 17.7. The van der Waals surface area contributed by atoms with Crippen LogP contribution in [-0.4, -0.2) is 20.6 Å². The van der Waals surface area contributed by atoms with Crippen LogP contribution in [0.3, 0.4) is 0 Å². The van der Waals surface area contributed by atoms with Gasteiger partial charge in [0.1, 0.15) is 0 Å². The molecule has 3 aromatic rings. The number of non-ortho nitro benzene ring substituents is 1. The number of halogens is 1. The van der Waals surface area contributed by atoms with Crippen LogP contribution in [0.25, 0.3) is 11.1 Å². The zero-order chi connectivity index (χ0) is 18.5. The maximum absolute atomic E-state index is 10.7. The summed E-state index contributed by atoms with van der Waals surface area (Å²) in [5.41, 5.74) is 6.23. The molecule has 0 spiro atoms. The molecule has 0 aliphatic heterocycles. The smallest absolute Gasteiger partial charge is 0.258 e. The van der Waals surface area contributed by atoms with Gasteiger partial charge in [-0.1, -0.05) is 28.1 Å². The van der Waals surface area contributed by atoms with Crippen LogP contribution in [0.1, 0.15) is 12.5 Å². The topological polar surface area (TPSA) is 93.3 Å². The molecular formula is C18H14BrN5O2. The molecule has 0 bridgehead atoms. The molecule has 8 heteroatoms. The Labute approximate surface area is 158 Å². The van der Waals surface area contributed by atoms with E-state index in [1.807, 2.05) is 31.2 Å². The Morgan fingerprint density at radius 3 is 2.23 bits per heavy atom. The molecule has 26 heavy (non-hydrogen) atoms. The first-order chi connectivity index (χ1) is 12.5. The predicted octanol–water partition coefficient (Wildman–Crippen LogP) is 4.65. The minimum Gasteiger partial charge on any atom is -0.258 e. The van der Waals surface area contributed by atoms with Crippen LogP contribution in [0.2, 0.25) is 0 Å². The normalized spacial score (nSPS) is 11.2. The minimum atomic E-state index is -0.431. The Kier molecular flexibility index (Phi) is 5.33. The van der Waals surface area contributed by atoms with Gasteiger partial charge in [-0.05, 0) is 42.3 Å². The van der Waals surface area contributed by atoms with E-state index in [1.165, 1.54) is 12.1 Å². The zero-order valence-electron chi connectivity index (χ0n) is 13.8. The highest BCUT2D eigenvalue weighted by atomic mass is 79.9. The van der Waals surface area contributed by atoms with Crippen molar-refractivity contribution in [2.45, 2.75) is 6.92 Å². The Hall–Kier alpha value is -3.13. The third-order valence-electron chi connectivity index (χ3n) is 3.65. The van der Waals surface area contributed by atoms with Crippen LogP contribution in [0.4, 0.5) is 11.6 Å². The molecule has 1 heterocycles. The standard InChI is InChI=1S/C18H14BrN5O2/c1-12(13-2-6-16(19)7-3-13)22-23-18-20-10-15(11-21-18)14-4-8-17(9-5-14)24(25)26/h2-11H,1H3,(H,20,21,23)/b22-12+. The van der Waals surface area contributed by atoms with Crippen molar-refractivity contribution in [2.75, 3.05) is 5.43 Å². The van der Waals surface area contributed by atoms with E-state index in [0.717, 1.165) is 26.9 Å². The monoisotopic (exact) mass is 411 g/mol. The second kappa shape index (κ2) is 7.83. The van der Waals surface area contributed by atoms with Crippen molar-refractivity contribution in [2.24, 2.45) is 5.10 Å². The fraction of sp³-hybridized carbons (Fsp3) is 0.0556. The minimum absolute atomic E-state index is 0.0470. The summed E-state index contributed by atoms with van der Waals surface area (Å²) in [7, 11) is 0. The molecule has 130 valence electrons. The Balaban J connectivity index is 1.70. The first-order valence-corrected chi connectivity index (χ1v) is 8.45. The number of nitro benzene ring substituents is 1. The van der Waals surface area contributed by atoms with Gasteiger partial charge < -0.3 is 0 Å². The number of benzene rings is 2. The summed E-state index contributed by atoms with van der Waals surface area (Å²) in [5, 5.41) is 15.0. The summed E-state index contributed by atoms with van der Waals surface area (Å²) in [6.07, 6.45) is 3.28. The van der Waals surface area contributed by atoms with Gasteiger partial charge in [0, 0.05) is 34.6 Å². The van der Waals surface area contributed by atoms with Crippen LogP contribution in [0.15, 0.2) is 70.5 Å². The van der Waals surface area contributed by atoms with Gasteiger partial charge in [0.05, 0.1) is 10.6 Å². The number of nitrogens with one attached hydrogen (secondary N) is 1. The van der Waals surface area contributed by atoms with Crippen molar-refractivity contribution >= 4 is 33.3 Å². The van der Waals surface area contributed by atoms with Crippen molar-refractivity contribution in [1.29, 1.82) is 0 Å². The third-order valence-corrected chi connectivity index (χ3v) is 4.18. The Morgan fingerprint density at radius 1 is 1.04 bits per heavy atom. The van der Waals surface area contributed by atoms with Crippen LogP contribution in [0, 0.1) is 10.1 Å². The quantitative estimate of drug-likeness (QED) is 0.374. The average Bonchev–Trinajstić information content (AvgIpc) is 2.67. The molecule has 7 nitrogen and oxygen atoms in total. The fourth-order valence-electron chi connectivity index (χ4n) is 2.20. The van der Waals surface area contributed by atoms with E-state index in [-0.39, 0.29) is 5.69 Å². The average molecular weight is 412 g/mol. The maximum Gasteiger partial charge on any atom is 0.269 e. The highest BCUT2D eigenvalue weighted by molar-refractivity contribution is 9.10. The van der Waals surface area contributed by atoms with Gasteiger partial charge in [0.2, 0.25) is 5.95 Å². The number of hydrogen-bond donors (Lipinski definition) is 1. The second-order valence-electron chi connectivity index (χ2n) is 5.42. The summed E-state index contributed by atoms with van der Waals surface area (Å²) in [6, 6.07) is 14.1. The summed E-state index contributed by atoms with van der Waals surface area (Å²) in [4.78, 5) is 18.7. The molecule has 0 saturated heterocycles. The lowest BCUT2D eigenvalue weighted by Crippen LogP contribution is -2.02. The van der Waals surface area contributed by atoms with Crippen LogP contribution >= 0.6 is 15.9 Å². The Bertz CT molecular complexity index is 939. The molecule has 0 amide bonds. The van der Waals surface area contributed by atoms with Gasteiger partial charge in [-0.25, -0.2) is 15.4 Å². The number of hydrogen-bond acceptors (Lipinski definition) is 6. The molecule has 0 saturated carbocycles. The molecule has 0 radical (unpaired) electrons. The van der Waals surface area contributed by atoms with E-state index in [2.05, 4.69) is 36.4 Å². The first-order valence-electron chi connectivity index (χ1n) is 7.66. The van der Waals surface area contributed by atoms with E-state index < -0.39 is 4.92 Å². The number of nitrogens with zero attached hydrogens (tertiary/aromatic N) is 4. The number of aromatic nitrogens is 2. The van der Waals surface area contributed by atoms with Gasteiger partial charge in [0.15, 0.2) is 0 Å². The molecule has 0 unspecified atom stereocenters. The molecule has 0 fully saturated rings. The largest absolute Gasteiger partial charge is 0.269 e. The van der Waals surface area contributed by atoms with Crippen molar-refractivity contribution in [3.05, 3.63) is 81.1 Å². The molecule has 2 aromatic carbocycles. The molecule has 0 aliphatic rings. The number of nitro groups is 1. The van der Waals surface area contributed by atoms with Gasteiger partial charge >= 0.3 is 0 Å². The SMILES string of the molecule is C/C(=N\Nc1ncc(-c2ccc([N+](=O)[O-])cc2)cn1)c1ccc(Br)cc1. The number of hydrazone groups is 1. The van der Waals surface area contributed by atoms with Gasteiger partial charge in [0.25, 0.3) is 5.69 Å².